The van der Waals surface area contributed by atoms with Crippen molar-refractivity contribution in [2.45, 2.75) is 59.3 Å². The van der Waals surface area contributed by atoms with Gasteiger partial charge in [-0.15, -0.1) is 0 Å². The van der Waals surface area contributed by atoms with Crippen LogP contribution < -0.4 is 0 Å². The van der Waals surface area contributed by atoms with Gasteiger partial charge in [0.2, 0.25) is 0 Å². The van der Waals surface area contributed by atoms with Crippen molar-refractivity contribution in [3.05, 3.63) is 0 Å². The molecule has 2 heteroatoms. The van der Waals surface area contributed by atoms with E-state index in [0.717, 1.165) is 6.42 Å². The molecule has 0 aromatic carbocycles. The number of aliphatic hydroxyl groups excluding tert-OH is 1. The van der Waals surface area contributed by atoms with Gasteiger partial charge in [-0.3, -0.25) is 0 Å². The van der Waals surface area contributed by atoms with E-state index < -0.39 is 0 Å². The molecule has 0 amide bonds. The van der Waals surface area contributed by atoms with Gasteiger partial charge in [-0.2, -0.15) is 0 Å². The molecule has 0 spiro atoms. The molecule has 0 atom stereocenters. The molecule has 13 heavy (non-hydrogen) atoms. The molecule has 1 N–H and O–H groups in total. The van der Waals surface area contributed by atoms with E-state index in [1.54, 1.807) is 0 Å². The van der Waals surface area contributed by atoms with E-state index in [-0.39, 0.29) is 26.2 Å². The Labute approximate surface area is 102 Å². The van der Waals surface area contributed by atoms with Crippen LogP contribution in [0.4, 0.5) is 0 Å². The molecule has 78 valence electrons. The molecule has 0 saturated carbocycles. The van der Waals surface area contributed by atoms with Crippen LogP contribution in [0, 0.1) is 5.41 Å². The largest absolute Gasteiger partial charge is 0.396 e. The molecule has 0 aliphatic carbocycles. The van der Waals surface area contributed by atoms with Crippen molar-refractivity contribution in [3.8, 4) is 0 Å². The first-order chi connectivity index (χ1) is 5.74. The van der Waals surface area contributed by atoms with E-state index in [0.29, 0.717) is 12.0 Å². The van der Waals surface area contributed by atoms with Crippen molar-refractivity contribution < 1.29 is 31.3 Å². The van der Waals surface area contributed by atoms with Gasteiger partial charge in [0, 0.05) is 32.8 Å². The molecule has 0 heterocycles. The predicted molar refractivity (Wildman–Crippen MR) is 54.2 cm³/mol. The van der Waals surface area contributed by atoms with Crippen molar-refractivity contribution in [1.82, 2.24) is 0 Å². The Balaban J connectivity index is 0. The van der Waals surface area contributed by atoms with Crippen molar-refractivity contribution in [2.24, 2.45) is 5.41 Å². The molecule has 0 saturated heterocycles. The predicted octanol–water partition coefficient (Wildman–Crippen LogP) is 3.36. The van der Waals surface area contributed by atoms with Crippen LogP contribution >= 0.6 is 0 Å². The van der Waals surface area contributed by atoms with Gasteiger partial charge in [0.25, 0.3) is 0 Å². The number of unbranched alkanes of at least 4 members (excludes halogenated alkanes) is 1. The third-order valence-electron chi connectivity index (χ3n) is 3.37. The van der Waals surface area contributed by atoms with E-state index in [2.05, 4.69) is 20.8 Å². The average Bonchev–Trinajstić information content (AvgIpc) is 2.14. The van der Waals surface area contributed by atoms with Crippen LogP contribution in [0.5, 0.6) is 0 Å². The van der Waals surface area contributed by atoms with E-state index >= 15 is 0 Å². The third-order valence-corrected chi connectivity index (χ3v) is 3.37. The summed E-state index contributed by atoms with van der Waals surface area (Å²) in [6, 6.07) is 0. The minimum Gasteiger partial charge on any atom is -0.396 e. The number of aliphatic hydroxyl groups is 1. The van der Waals surface area contributed by atoms with E-state index in [1.807, 2.05) is 0 Å². The summed E-state index contributed by atoms with van der Waals surface area (Å²) in [6.45, 7) is 7.21. The Kier molecular flexibility index (Phi) is 11.8. The van der Waals surface area contributed by atoms with E-state index in [1.165, 1.54) is 32.1 Å². The molecule has 0 unspecified atom stereocenters. The first-order valence-electron chi connectivity index (χ1n) is 5.35. The second kappa shape index (κ2) is 9.40. The number of rotatable bonds is 7. The zero-order valence-electron chi connectivity index (χ0n) is 9.40. The first kappa shape index (κ1) is 16.3. The summed E-state index contributed by atoms with van der Waals surface area (Å²) >= 11 is 0. The first-order valence-corrected chi connectivity index (χ1v) is 5.35. The Hall–Kier alpha value is 0.843. The number of hydrogen-bond acceptors (Lipinski definition) is 1. The van der Waals surface area contributed by atoms with Crippen LogP contribution in [-0.4, -0.2) is 11.7 Å². The molecule has 1 nitrogen and oxygen atoms in total. The number of hydrogen-bond donors (Lipinski definition) is 1. The maximum Gasteiger partial charge on any atom is 0.0431 e. The third kappa shape index (κ3) is 6.02. The van der Waals surface area contributed by atoms with Crippen molar-refractivity contribution >= 4 is 0 Å². The molecule has 0 aromatic rings. The Morgan fingerprint density at radius 2 is 1.38 bits per heavy atom. The van der Waals surface area contributed by atoms with Crippen molar-refractivity contribution in [2.75, 3.05) is 6.61 Å². The minimum atomic E-state index is 0. The van der Waals surface area contributed by atoms with Crippen LogP contribution in [0.2, 0.25) is 0 Å². The summed E-state index contributed by atoms with van der Waals surface area (Å²) in [6.07, 6.45) is 7.30. The topological polar surface area (TPSA) is 20.2 Å². The summed E-state index contributed by atoms with van der Waals surface area (Å²) in [5.74, 6) is 0. The molecule has 0 bridgehead atoms. The molecule has 0 aliphatic rings. The van der Waals surface area contributed by atoms with Gasteiger partial charge in [-0.1, -0.05) is 46.5 Å². The van der Waals surface area contributed by atoms with E-state index in [4.69, 9.17) is 5.11 Å². The van der Waals surface area contributed by atoms with Crippen molar-refractivity contribution in [1.29, 1.82) is 0 Å². The smallest absolute Gasteiger partial charge is 0.0431 e. The van der Waals surface area contributed by atoms with Gasteiger partial charge in [-0.05, 0) is 18.3 Å². The normalized spacial score (nSPS) is 11.1. The van der Waals surface area contributed by atoms with E-state index in [9.17, 15) is 0 Å². The SMILES string of the molecule is CCC(CC)(CC)CCCCO.[Zr]. The summed E-state index contributed by atoms with van der Waals surface area (Å²) in [4.78, 5) is 0. The molecular weight excluding hydrogens is 239 g/mol. The van der Waals surface area contributed by atoms with Gasteiger partial charge in [-0.25, -0.2) is 0 Å². The van der Waals surface area contributed by atoms with Gasteiger partial charge in [0.05, 0.1) is 0 Å². The molecule has 0 aliphatic heterocycles. The van der Waals surface area contributed by atoms with Gasteiger partial charge < -0.3 is 5.11 Å². The van der Waals surface area contributed by atoms with Gasteiger partial charge >= 0.3 is 0 Å². The van der Waals surface area contributed by atoms with Crippen LogP contribution in [0.3, 0.4) is 0 Å². The monoisotopic (exact) mass is 262 g/mol. The molecule has 0 rings (SSSR count). The van der Waals surface area contributed by atoms with Crippen LogP contribution in [0.1, 0.15) is 59.3 Å². The standard InChI is InChI=1S/C11H24O.Zr/c1-4-11(5-2,6-3)9-7-8-10-12;/h12H,4-10H2,1-3H3;. The van der Waals surface area contributed by atoms with Gasteiger partial charge in [0.1, 0.15) is 0 Å². The fraction of sp³-hybridized carbons (Fsp3) is 1.00. The second-order valence-corrected chi connectivity index (χ2v) is 3.74. The average molecular weight is 264 g/mol. The quantitative estimate of drug-likeness (QED) is 0.698. The molecule has 0 aromatic heterocycles. The van der Waals surface area contributed by atoms with Gasteiger partial charge in [0.15, 0.2) is 0 Å². The maximum absolute atomic E-state index is 8.68. The Bertz CT molecular complexity index is 92.0. The summed E-state index contributed by atoms with van der Waals surface area (Å²) in [7, 11) is 0. The molecule has 0 fully saturated rings. The van der Waals surface area contributed by atoms with Crippen LogP contribution in [0.25, 0.3) is 0 Å². The summed E-state index contributed by atoms with van der Waals surface area (Å²) in [5, 5.41) is 8.68. The molecule has 0 radical (unpaired) electrons. The fourth-order valence-electron chi connectivity index (χ4n) is 1.89. The summed E-state index contributed by atoms with van der Waals surface area (Å²) in [5.41, 5.74) is 0.565. The molecular formula is C11H24OZr. The fourth-order valence-corrected chi connectivity index (χ4v) is 1.89. The van der Waals surface area contributed by atoms with Crippen LogP contribution in [-0.2, 0) is 26.2 Å². The zero-order valence-corrected chi connectivity index (χ0v) is 11.9. The Morgan fingerprint density at radius 3 is 1.69 bits per heavy atom. The Morgan fingerprint density at radius 1 is 0.923 bits per heavy atom. The van der Waals surface area contributed by atoms with Crippen molar-refractivity contribution in [3.63, 3.8) is 0 Å². The van der Waals surface area contributed by atoms with Crippen LogP contribution in [0.15, 0.2) is 0 Å². The summed E-state index contributed by atoms with van der Waals surface area (Å²) < 4.78 is 0. The second-order valence-electron chi connectivity index (χ2n) is 3.74. The minimum absolute atomic E-state index is 0. The zero-order chi connectivity index (χ0) is 9.45. The maximum atomic E-state index is 8.68.